The van der Waals surface area contributed by atoms with Gasteiger partial charge in [0.25, 0.3) is 0 Å². The Morgan fingerprint density at radius 1 is 1.75 bits per heavy atom. The van der Waals surface area contributed by atoms with Gasteiger partial charge in [-0.3, -0.25) is 4.79 Å². The van der Waals surface area contributed by atoms with Crippen LogP contribution in [-0.2, 0) is 14.3 Å². The second-order valence-electron chi connectivity index (χ2n) is 1.96. The third-order valence-corrected chi connectivity index (χ3v) is 1.04. The van der Waals surface area contributed by atoms with Gasteiger partial charge in [-0.25, -0.2) is 0 Å². The van der Waals surface area contributed by atoms with Gasteiger partial charge < -0.3 is 15.2 Å². The van der Waals surface area contributed by atoms with Crippen molar-refractivity contribution < 1.29 is 14.3 Å². The molecule has 0 amide bonds. The first-order valence-electron chi connectivity index (χ1n) is 3.24. The van der Waals surface area contributed by atoms with Gasteiger partial charge in [-0.2, -0.15) is 0 Å². The minimum absolute atomic E-state index is 0. The fourth-order valence-corrected chi connectivity index (χ4v) is 0.498. The predicted molar refractivity (Wildman–Crippen MR) is 48.3 cm³/mol. The molecule has 0 aromatic rings. The number of esters is 1. The molecule has 0 saturated heterocycles. The van der Waals surface area contributed by atoms with E-state index in [4.69, 9.17) is 10.5 Å². The van der Waals surface area contributed by atoms with Crippen LogP contribution in [-0.4, -0.2) is 32.3 Å². The molecule has 0 aliphatic heterocycles. The van der Waals surface area contributed by atoms with Crippen molar-refractivity contribution in [2.75, 3.05) is 20.3 Å². The summed E-state index contributed by atoms with van der Waals surface area (Å²) in [7, 11) is 1.29. The molecule has 0 spiro atoms. The van der Waals surface area contributed by atoms with Gasteiger partial charge in [0, 0.05) is 0 Å². The van der Waals surface area contributed by atoms with Crippen LogP contribution in [0, 0.1) is 0 Å². The lowest BCUT2D eigenvalue weighted by molar-refractivity contribution is -0.143. The summed E-state index contributed by atoms with van der Waals surface area (Å²) in [4.78, 5) is 10.7. The van der Waals surface area contributed by atoms with Crippen LogP contribution in [0.4, 0.5) is 0 Å². The first-order valence-corrected chi connectivity index (χ1v) is 3.24. The lowest BCUT2D eigenvalue weighted by Gasteiger charge is -2.07. The highest BCUT2D eigenvalue weighted by molar-refractivity contribution is 5.85. The minimum atomic E-state index is -0.694. The standard InChI is InChI=1S/C7H13NO3.ClH/c1-3-4-11-5-6(8)7(9)10-2;/h3,6H,1,4-5,8H2,2H3;1H. The summed E-state index contributed by atoms with van der Waals surface area (Å²) in [5.41, 5.74) is 5.33. The van der Waals surface area contributed by atoms with Crippen molar-refractivity contribution in [2.24, 2.45) is 5.73 Å². The van der Waals surface area contributed by atoms with Gasteiger partial charge >= 0.3 is 5.97 Å². The van der Waals surface area contributed by atoms with Crippen molar-refractivity contribution in [3.63, 3.8) is 0 Å². The lowest BCUT2D eigenvalue weighted by atomic mass is 10.3. The van der Waals surface area contributed by atoms with Crippen LogP contribution in [0.2, 0.25) is 0 Å². The molecule has 0 aromatic heterocycles. The summed E-state index contributed by atoms with van der Waals surface area (Å²) >= 11 is 0. The maximum atomic E-state index is 10.7. The first kappa shape index (κ1) is 14.0. The van der Waals surface area contributed by atoms with Gasteiger partial charge in [-0.05, 0) is 0 Å². The monoisotopic (exact) mass is 195 g/mol. The molecule has 0 fully saturated rings. The van der Waals surface area contributed by atoms with E-state index in [0.717, 1.165) is 0 Å². The molecular weight excluding hydrogens is 182 g/mol. The molecule has 0 aromatic carbocycles. The van der Waals surface area contributed by atoms with Gasteiger partial charge in [0.2, 0.25) is 0 Å². The van der Waals surface area contributed by atoms with Crippen LogP contribution in [0.1, 0.15) is 0 Å². The molecule has 5 heteroatoms. The van der Waals surface area contributed by atoms with Gasteiger partial charge in [-0.15, -0.1) is 19.0 Å². The van der Waals surface area contributed by atoms with E-state index in [1.807, 2.05) is 0 Å². The Kier molecular flexibility index (Phi) is 9.92. The van der Waals surface area contributed by atoms with Crippen molar-refractivity contribution >= 4 is 18.4 Å². The third kappa shape index (κ3) is 6.15. The van der Waals surface area contributed by atoms with Crippen LogP contribution in [0.15, 0.2) is 12.7 Å². The number of carbonyl (C=O) groups excluding carboxylic acids is 1. The van der Waals surface area contributed by atoms with E-state index in [1.165, 1.54) is 7.11 Å². The van der Waals surface area contributed by atoms with Gasteiger partial charge in [0.05, 0.1) is 20.3 Å². The SMILES string of the molecule is C=CCOCC(N)C(=O)OC.Cl. The van der Waals surface area contributed by atoms with Crippen LogP contribution < -0.4 is 5.73 Å². The maximum absolute atomic E-state index is 10.7. The maximum Gasteiger partial charge on any atom is 0.325 e. The molecule has 4 nitrogen and oxygen atoms in total. The third-order valence-electron chi connectivity index (χ3n) is 1.04. The number of carbonyl (C=O) groups is 1. The molecule has 12 heavy (non-hydrogen) atoms. The van der Waals surface area contributed by atoms with Crippen LogP contribution in [0.5, 0.6) is 0 Å². The molecule has 0 radical (unpaired) electrons. The second kappa shape index (κ2) is 8.52. The number of rotatable bonds is 5. The summed E-state index contributed by atoms with van der Waals surface area (Å²) < 4.78 is 9.30. The molecule has 0 saturated carbocycles. The Bertz CT molecular complexity index is 141. The Morgan fingerprint density at radius 2 is 2.33 bits per heavy atom. The lowest BCUT2D eigenvalue weighted by Crippen LogP contribution is -2.36. The zero-order valence-electron chi connectivity index (χ0n) is 6.99. The first-order chi connectivity index (χ1) is 5.22. The zero-order valence-corrected chi connectivity index (χ0v) is 7.80. The summed E-state index contributed by atoms with van der Waals surface area (Å²) in [5.74, 6) is -0.464. The zero-order chi connectivity index (χ0) is 8.69. The highest BCUT2D eigenvalue weighted by Gasteiger charge is 2.12. The van der Waals surface area contributed by atoms with Crippen molar-refractivity contribution in [1.29, 1.82) is 0 Å². The fourth-order valence-electron chi connectivity index (χ4n) is 0.498. The normalized spacial score (nSPS) is 11.2. The number of ether oxygens (including phenoxy) is 2. The minimum Gasteiger partial charge on any atom is -0.468 e. The summed E-state index contributed by atoms with van der Waals surface area (Å²) in [6.07, 6.45) is 1.59. The quantitative estimate of drug-likeness (QED) is 0.384. The molecule has 2 N–H and O–H groups in total. The predicted octanol–water partition coefficient (Wildman–Crippen LogP) is 0.111. The van der Waals surface area contributed by atoms with Crippen LogP contribution >= 0.6 is 12.4 Å². The van der Waals surface area contributed by atoms with Crippen LogP contribution in [0.3, 0.4) is 0 Å². The number of hydrogen-bond acceptors (Lipinski definition) is 4. The molecule has 1 atom stereocenters. The number of nitrogens with two attached hydrogens (primary N) is 1. The number of hydrogen-bond donors (Lipinski definition) is 1. The molecular formula is C7H14ClNO3. The average molecular weight is 196 g/mol. The van der Waals surface area contributed by atoms with Crippen LogP contribution in [0.25, 0.3) is 0 Å². The molecule has 0 bridgehead atoms. The van der Waals surface area contributed by atoms with Crippen molar-refractivity contribution in [3.8, 4) is 0 Å². The topological polar surface area (TPSA) is 61.5 Å². The van der Waals surface area contributed by atoms with E-state index in [9.17, 15) is 4.79 Å². The van der Waals surface area contributed by atoms with Gasteiger partial charge in [-0.1, -0.05) is 6.08 Å². The highest BCUT2D eigenvalue weighted by Crippen LogP contribution is 1.85. The molecule has 1 unspecified atom stereocenters. The van der Waals surface area contributed by atoms with E-state index in [0.29, 0.717) is 6.61 Å². The van der Waals surface area contributed by atoms with Crippen molar-refractivity contribution in [3.05, 3.63) is 12.7 Å². The molecule has 0 aliphatic rings. The Balaban J connectivity index is 0. The highest BCUT2D eigenvalue weighted by atomic mass is 35.5. The Labute approximate surface area is 78.1 Å². The summed E-state index contributed by atoms with van der Waals surface area (Å²) in [6, 6.07) is -0.694. The van der Waals surface area contributed by atoms with Crippen molar-refractivity contribution in [2.45, 2.75) is 6.04 Å². The smallest absolute Gasteiger partial charge is 0.325 e. The largest absolute Gasteiger partial charge is 0.468 e. The summed E-state index contributed by atoms with van der Waals surface area (Å²) in [5, 5.41) is 0. The van der Waals surface area contributed by atoms with Crippen molar-refractivity contribution in [1.82, 2.24) is 0 Å². The number of halogens is 1. The van der Waals surface area contributed by atoms with Gasteiger partial charge in [0.15, 0.2) is 0 Å². The average Bonchev–Trinajstić information content (AvgIpc) is 2.03. The van der Waals surface area contributed by atoms with Gasteiger partial charge in [0.1, 0.15) is 6.04 Å². The van der Waals surface area contributed by atoms with E-state index >= 15 is 0 Å². The molecule has 72 valence electrons. The molecule has 0 aliphatic carbocycles. The fraction of sp³-hybridized carbons (Fsp3) is 0.571. The van der Waals surface area contributed by atoms with E-state index < -0.39 is 12.0 Å². The van der Waals surface area contributed by atoms with E-state index in [2.05, 4.69) is 11.3 Å². The summed E-state index contributed by atoms with van der Waals surface area (Å²) in [6.45, 7) is 4.00. The Hall–Kier alpha value is -0.580. The van der Waals surface area contributed by atoms with E-state index in [1.54, 1.807) is 6.08 Å². The number of methoxy groups -OCH3 is 1. The second-order valence-corrected chi connectivity index (χ2v) is 1.96. The van der Waals surface area contributed by atoms with E-state index in [-0.39, 0.29) is 19.0 Å². The Morgan fingerprint density at radius 3 is 2.75 bits per heavy atom. The molecule has 0 rings (SSSR count). The molecule has 0 heterocycles.